The van der Waals surface area contributed by atoms with Gasteiger partial charge in [0.2, 0.25) is 5.91 Å². The van der Waals surface area contributed by atoms with Gasteiger partial charge in [-0.1, -0.05) is 12.1 Å². The van der Waals surface area contributed by atoms with E-state index in [1.807, 2.05) is 0 Å². The average molecular weight is 550 g/mol. The highest BCUT2D eigenvalue weighted by Gasteiger charge is 2.39. The van der Waals surface area contributed by atoms with E-state index in [0.717, 1.165) is 10.7 Å². The molecular weight excluding hydrogens is 518 g/mol. The molecular formula is C27H31F4N5O3. The molecule has 210 valence electrons. The Hall–Kier alpha value is -3.54. The number of benzene rings is 1. The molecule has 1 aliphatic rings. The average Bonchev–Trinajstić information content (AvgIpc) is 2.86. The van der Waals surface area contributed by atoms with Crippen molar-refractivity contribution in [3.05, 3.63) is 62.7 Å². The molecule has 1 aliphatic heterocycles. The van der Waals surface area contributed by atoms with Crippen LogP contribution in [0, 0.1) is 6.92 Å². The van der Waals surface area contributed by atoms with E-state index in [1.165, 1.54) is 33.0 Å². The summed E-state index contributed by atoms with van der Waals surface area (Å²) in [5, 5.41) is 17.5. The summed E-state index contributed by atoms with van der Waals surface area (Å²) in [6, 6.07) is 4.72. The number of aryl methyl sites for hydroxylation is 1. The number of fused-ring (bicyclic) bond motifs is 1. The van der Waals surface area contributed by atoms with Crippen LogP contribution >= 0.6 is 0 Å². The molecule has 8 nitrogen and oxygen atoms in total. The number of carbonyl (C=O) groups is 1. The van der Waals surface area contributed by atoms with Gasteiger partial charge in [0.05, 0.1) is 28.4 Å². The van der Waals surface area contributed by atoms with Crippen LogP contribution in [0.5, 0.6) is 0 Å². The molecule has 12 heteroatoms. The van der Waals surface area contributed by atoms with Crippen LogP contribution in [-0.2, 0) is 30.1 Å². The Labute approximate surface area is 222 Å². The zero-order chi connectivity index (χ0) is 28.7. The quantitative estimate of drug-likeness (QED) is 0.448. The lowest BCUT2D eigenvalue weighted by molar-refractivity contribution is -0.138. The third-order valence-corrected chi connectivity index (χ3v) is 7.42. The van der Waals surface area contributed by atoms with Gasteiger partial charge in [0, 0.05) is 58.3 Å². The number of hydrogen-bond donors (Lipinski definition) is 2. The van der Waals surface area contributed by atoms with Crippen molar-refractivity contribution in [3.63, 3.8) is 0 Å². The zero-order valence-corrected chi connectivity index (χ0v) is 22.2. The minimum atomic E-state index is -4.52. The number of aromatic nitrogens is 3. The lowest BCUT2D eigenvalue weighted by atomic mass is 9.88. The predicted molar refractivity (Wildman–Crippen MR) is 138 cm³/mol. The smallest absolute Gasteiger partial charge is 0.396 e. The van der Waals surface area contributed by atoms with Crippen molar-refractivity contribution < 1.29 is 27.5 Å². The van der Waals surface area contributed by atoms with Crippen molar-refractivity contribution in [2.75, 3.05) is 25.0 Å². The van der Waals surface area contributed by atoms with Gasteiger partial charge in [-0.15, -0.1) is 0 Å². The Morgan fingerprint density at radius 2 is 1.92 bits per heavy atom. The molecule has 0 spiro atoms. The highest BCUT2D eigenvalue weighted by molar-refractivity contribution is 5.93. The van der Waals surface area contributed by atoms with Crippen molar-refractivity contribution >= 4 is 22.5 Å². The van der Waals surface area contributed by atoms with Crippen LogP contribution in [0.3, 0.4) is 0 Å². The van der Waals surface area contributed by atoms with Crippen LogP contribution in [0.4, 0.5) is 23.4 Å². The molecule has 1 saturated heterocycles. The Morgan fingerprint density at radius 3 is 2.51 bits per heavy atom. The van der Waals surface area contributed by atoms with Crippen molar-refractivity contribution in [3.8, 4) is 0 Å². The highest BCUT2D eigenvalue weighted by atomic mass is 19.4. The maximum Gasteiger partial charge on any atom is 0.416 e. The zero-order valence-electron chi connectivity index (χ0n) is 22.2. The first-order chi connectivity index (χ1) is 18.3. The number of pyridine rings is 1. The summed E-state index contributed by atoms with van der Waals surface area (Å²) in [7, 11) is 1.43. The van der Waals surface area contributed by atoms with Gasteiger partial charge in [0.25, 0.3) is 5.56 Å². The van der Waals surface area contributed by atoms with Crippen LogP contribution < -0.4 is 10.9 Å². The molecule has 2 aromatic heterocycles. The van der Waals surface area contributed by atoms with Crippen molar-refractivity contribution in [2.45, 2.75) is 57.9 Å². The summed E-state index contributed by atoms with van der Waals surface area (Å²) in [6.07, 6.45) is -4.52. The minimum absolute atomic E-state index is 0.00448. The monoisotopic (exact) mass is 549 g/mol. The van der Waals surface area contributed by atoms with E-state index in [-0.39, 0.29) is 78.4 Å². The first-order valence-electron chi connectivity index (χ1n) is 12.7. The highest BCUT2D eigenvalue weighted by Crippen LogP contribution is 2.39. The molecule has 0 unspecified atom stereocenters. The molecule has 1 fully saturated rings. The van der Waals surface area contributed by atoms with Crippen LogP contribution in [0.2, 0.25) is 0 Å². The molecule has 1 atom stereocenters. The molecule has 2 N–H and O–H groups in total. The second-order valence-corrected chi connectivity index (χ2v) is 9.98. The number of nitrogens with zero attached hydrogens (tertiary/aromatic N) is 4. The van der Waals surface area contributed by atoms with Crippen molar-refractivity contribution in [2.24, 2.45) is 7.05 Å². The summed E-state index contributed by atoms with van der Waals surface area (Å²) >= 11 is 0. The number of rotatable bonds is 6. The molecule has 1 amide bonds. The number of amides is 1. The summed E-state index contributed by atoms with van der Waals surface area (Å²) in [4.78, 5) is 30.9. The van der Waals surface area contributed by atoms with E-state index in [0.29, 0.717) is 5.56 Å². The number of halogens is 4. The lowest BCUT2D eigenvalue weighted by Gasteiger charge is -2.36. The number of carbonyl (C=O) groups excluding carboxylic acids is 1. The number of piperidine rings is 1. The summed E-state index contributed by atoms with van der Waals surface area (Å²) < 4.78 is 57.9. The minimum Gasteiger partial charge on any atom is -0.396 e. The maximum absolute atomic E-state index is 16.2. The molecule has 0 aliphatic carbocycles. The van der Waals surface area contributed by atoms with Crippen LogP contribution in [-0.4, -0.2) is 50.4 Å². The first-order valence-corrected chi connectivity index (χ1v) is 12.7. The summed E-state index contributed by atoms with van der Waals surface area (Å²) in [5.41, 5.74) is -2.43. The number of anilines is 1. The molecule has 0 radical (unpaired) electrons. The van der Waals surface area contributed by atoms with Gasteiger partial charge >= 0.3 is 6.18 Å². The summed E-state index contributed by atoms with van der Waals surface area (Å²) in [6.45, 7) is 4.55. The Balaban J connectivity index is 1.84. The Bertz CT molecular complexity index is 1460. The van der Waals surface area contributed by atoms with Crippen LogP contribution in [0.15, 0.2) is 29.1 Å². The van der Waals surface area contributed by atoms with Gasteiger partial charge in [-0.3, -0.25) is 14.6 Å². The number of likely N-dealkylation sites (tertiary alicyclic amines) is 1. The number of nitrogens with one attached hydrogen (secondary N) is 1. The molecule has 0 saturated carbocycles. The fraction of sp³-hybridized carbons (Fsp3) is 0.481. The molecule has 3 heterocycles. The number of hydrogen-bond acceptors (Lipinski definition) is 6. The Morgan fingerprint density at radius 1 is 1.26 bits per heavy atom. The molecule has 3 aromatic rings. The van der Waals surface area contributed by atoms with E-state index in [1.54, 1.807) is 17.9 Å². The normalized spacial score (nSPS) is 16.4. The molecule has 0 bridgehead atoms. The van der Waals surface area contributed by atoms with E-state index in [9.17, 15) is 27.9 Å². The third-order valence-electron chi connectivity index (χ3n) is 7.42. The second kappa shape index (κ2) is 10.6. The molecule has 1 aromatic carbocycles. The molecule has 4 rings (SSSR count). The standard InChI is InChI=1S/C27H31F4N5O3/c1-15-18(6-5-7-20(15)27(29,30)31)16(2)32-24-19-14-22(26(28)9-11-36(12-10-26)17(3)38)33-21(8-13-37)23(19)25(39)35(4)34-24/h5-7,14,16,37H,8-13H2,1-4H3,(H,32,34)/t16-/m1/s1. The van der Waals surface area contributed by atoms with Gasteiger partial charge in [-0.2, -0.15) is 18.3 Å². The van der Waals surface area contributed by atoms with Crippen molar-refractivity contribution in [1.82, 2.24) is 19.7 Å². The first kappa shape index (κ1) is 28.5. The van der Waals surface area contributed by atoms with Crippen molar-refractivity contribution in [1.29, 1.82) is 0 Å². The van der Waals surface area contributed by atoms with Crippen LogP contribution in [0.25, 0.3) is 10.8 Å². The van der Waals surface area contributed by atoms with E-state index >= 15 is 4.39 Å². The second-order valence-electron chi connectivity index (χ2n) is 9.98. The van der Waals surface area contributed by atoms with E-state index < -0.39 is 29.0 Å². The topological polar surface area (TPSA) is 100 Å². The largest absolute Gasteiger partial charge is 0.416 e. The lowest BCUT2D eigenvalue weighted by Crippen LogP contribution is -2.42. The number of alkyl halides is 4. The van der Waals surface area contributed by atoms with Gasteiger partial charge in [0.1, 0.15) is 0 Å². The number of aliphatic hydroxyl groups is 1. The van der Waals surface area contributed by atoms with Gasteiger partial charge in [-0.25, -0.2) is 9.07 Å². The molecule has 39 heavy (non-hydrogen) atoms. The van der Waals surface area contributed by atoms with E-state index in [2.05, 4.69) is 15.4 Å². The van der Waals surface area contributed by atoms with E-state index in [4.69, 9.17) is 0 Å². The maximum atomic E-state index is 16.2. The van der Waals surface area contributed by atoms with Gasteiger partial charge in [0.15, 0.2) is 11.5 Å². The van der Waals surface area contributed by atoms with Gasteiger partial charge < -0.3 is 15.3 Å². The fourth-order valence-electron chi connectivity index (χ4n) is 5.20. The fourth-order valence-corrected chi connectivity index (χ4v) is 5.20. The predicted octanol–water partition coefficient (Wildman–Crippen LogP) is 4.17. The SMILES string of the molecule is CC(=O)N1CCC(F)(c2cc3c(N[C@H](C)c4cccc(C(F)(F)F)c4C)nn(C)c(=O)c3c(CCO)n2)CC1. The number of aliphatic hydroxyl groups excluding tert-OH is 1. The Kier molecular flexibility index (Phi) is 7.70. The van der Waals surface area contributed by atoms with Crippen LogP contribution in [0.1, 0.15) is 60.8 Å². The van der Waals surface area contributed by atoms with Gasteiger partial charge in [-0.05, 0) is 37.1 Å². The third kappa shape index (κ3) is 5.47. The summed E-state index contributed by atoms with van der Waals surface area (Å²) in [5.74, 6) is 0.0200.